The smallest absolute Gasteiger partial charge is 0.128 e. The van der Waals surface area contributed by atoms with Crippen LogP contribution >= 0.6 is 0 Å². The van der Waals surface area contributed by atoms with Gasteiger partial charge in [-0.2, -0.15) is 0 Å². The van der Waals surface area contributed by atoms with Gasteiger partial charge in [0.25, 0.3) is 0 Å². The number of nitrogens with zero attached hydrogens (tertiary/aromatic N) is 1. The van der Waals surface area contributed by atoms with E-state index >= 15 is 0 Å². The Bertz CT molecular complexity index is 399. The fourth-order valence-corrected chi connectivity index (χ4v) is 3.01. The molecule has 0 amide bonds. The monoisotopic (exact) mass is 234 g/mol. The first-order valence-corrected chi connectivity index (χ1v) is 6.60. The van der Waals surface area contributed by atoms with Crippen molar-refractivity contribution in [3.63, 3.8) is 0 Å². The van der Waals surface area contributed by atoms with E-state index in [9.17, 15) is 4.39 Å². The highest BCUT2D eigenvalue weighted by atomic mass is 19.1. The molecule has 1 unspecified atom stereocenters. The van der Waals surface area contributed by atoms with Crippen molar-refractivity contribution in [3.05, 3.63) is 29.6 Å². The third-order valence-corrected chi connectivity index (χ3v) is 3.99. The molecule has 2 aliphatic rings. The molecular formula is C14H19FN2. The minimum Gasteiger partial charge on any atom is -0.383 e. The molecule has 0 bridgehead atoms. The summed E-state index contributed by atoms with van der Waals surface area (Å²) in [4.78, 5) is 2.52. The van der Waals surface area contributed by atoms with Gasteiger partial charge in [0.05, 0.1) is 0 Å². The van der Waals surface area contributed by atoms with Crippen molar-refractivity contribution in [3.8, 4) is 0 Å². The first-order valence-electron chi connectivity index (χ1n) is 6.60. The Morgan fingerprint density at radius 1 is 1.18 bits per heavy atom. The molecule has 2 nitrogen and oxygen atoms in total. The SMILES string of the molecule is Fc1cccc2c1CC(N1CCCCC1)CN2. The van der Waals surface area contributed by atoms with Crippen molar-refractivity contribution in [2.75, 3.05) is 25.0 Å². The molecule has 2 heterocycles. The Morgan fingerprint density at radius 2 is 2.00 bits per heavy atom. The van der Waals surface area contributed by atoms with Crippen LogP contribution in [0.1, 0.15) is 24.8 Å². The number of piperidine rings is 1. The highest BCUT2D eigenvalue weighted by Gasteiger charge is 2.26. The average Bonchev–Trinajstić information content (AvgIpc) is 2.40. The van der Waals surface area contributed by atoms with Gasteiger partial charge in [-0.25, -0.2) is 4.39 Å². The number of benzene rings is 1. The molecule has 1 saturated heterocycles. The molecule has 1 aromatic rings. The Kier molecular flexibility index (Phi) is 3.02. The molecule has 0 radical (unpaired) electrons. The van der Waals surface area contributed by atoms with Gasteiger partial charge in [0.2, 0.25) is 0 Å². The van der Waals surface area contributed by atoms with Crippen LogP contribution in [0.2, 0.25) is 0 Å². The van der Waals surface area contributed by atoms with Crippen LogP contribution in [0.15, 0.2) is 18.2 Å². The Morgan fingerprint density at radius 3 is 2.82 bits per heavy atom. The second-order valence-electron chi connectivity index (χ2n) is 5.10. The lowest BCUT2D eigenvalue weighted by molar-refractivity contribution is 0.165. The molecule has 3 rings (SSSR count). The van der Waals surface area contributed by atoms with E-state index in [2.05, 4.69) is 10.2 Å². The molecule has 1 atom stereocenters. The van der Waals surface area contributed by atoms with Crippen LogP contribution in [0.25, 0.3) is 0 Å². The third-order valence-electron chi connectivity index (χ3n) is 3.99. The summed E-state index contributed by atoms with van der Waals surface area (Å²) in [6, 6.07) is 5.80. The largest absolute Gasteiger partial charge is 0.383 e. The summed E-state index contributed by atoms with van der Waals surface area (Å²) in [5.41, 5.74) is 1.85. The van der Waals surface area contributed by atoms with Crippen LogP contribution in [-0.2, 0) is 6.42 Å². The second kappa shape index (κ2) is 4.65. The summed E-state index contributed by atoms with van der Waals surface area (Å²) in [6.45, 7) is 3.31. The zero-order valence-corrected chi connectivity index (χ0v) is 10.1. The predicted octanol–water partition coefficient (Wildman–Crippen LogP) is 2.65. The Hall–Kier alpha value is -1.09. The Labute approximate surface area is 102 Å². The van der Waals surface area contributed by atoms with Crippen LogP contribution in [0.4, 0.5) is 10.1 Å². The van der Waals surface area contributed by atoms with Gasteiger partial charge in [-0.1, -0.05) is 12.5 Å². The van der Waals surface area contributed by atoms with E-state index in [0.717, 1.165) is 24.2 Å². The summed E-state index contributed by atoms with van der Waals surface area (Å²) in [5.74, 6) is -0.0586. The van der Waals surface area contributed by atoms with Gasteiger partial charge in [0.15, 0.2) is 0 Å². The summed E-state index contributed by atoms with van der Waals surface area (Å²) in [6.07, 6.45) is 4.79. The van der Waals surface area contributed by atoms with Gasteiger partial charge < -0.3 is 5.32 Å². The van der Waals surface area contributed by atoms with E-state index < -0.39 is 0 Å². The van der Waals surface area contributed by atoms with Crippen LogP contribution < -0.4 is 5.32 Å². The van der Waals surface area contributed by atoms with Crippen LogP contribution in [-0.4, -0.2) is 30.6 Å². The van der Waals surface area contributed by atoms with Crippen molar-refractivity contribution < 1.29 is 4.39 Å². The maximum absolute atomic E-state index is 13.8. The number of hydrogen-bond acceptors (Lipinski definition) is 2. The lowest BCUT2D eigenvalue weighted by Gasteiger charge is -2.38. The number of hydrogen-bond donors (Lipinski definition) is 1. The van der Waals surface area contributed by atoms with Crippen molar-refractivity contribution in [1.29, 1.82) is 0 Å². The normalized spacial score (nSPS) is 25.1. The predicted molar refractivity (Wildman–Crippen MR) is 67.8 cm³/mol. The molecule has 0 spiro atoms. The molecule has 1 N–H and O–H groups in total. The summed E-state index contributed by atoms with van der Waals surface area (Å²) >= 11 is 0. The van der Waals surface area contributed by atoms with Gasteiger partial charge in [0, 0.05) is 23.8 Å². The lowest BCUT2D eigenvalue weighted by atomic mass is 9.96. The van der Waals surface area contributed by atoms with Gasteiger partial charge in [-0.15, -0.1) is 0 Å². The number of fused-ring (bicyclic) bond motifs is 1. The van der Waals surface area contributed by atoms with Crippen LogP contribution in [0, 0.1) is 5.82 Å². The fraction of sp³-hybridized carbons (Fsp3) is 0.571. The first-order chi connectivity index (χ1) is 8.34. The number of nitrogens with one attached hydrogen (secondary N) is 1. The zero-order chi connectivity index (χ0) is 11.7. The zero-order valence-electron chi connectivity index (χ0n) is 10.1. The molecule has 1 aromatic carbocycles. The molecular weight excluding hydrogens is 215 g/mol. The molecule has 0 saturated carbocycles. The quantitative estimate of drug-likeness (QED) is 0.803. The van der Waals surface area contributed by atoms with Crippen molar-refractivity contribution in [2.24, 2.45) is 0 Å². The summed E-state index contributed by atoms with van der Waals surface area (Å²) < 4.78 is 13.8. The number of halogens is 1. The average molecular weight is 234 g/mol. The van der Waals surface area contributed by atoms with E-state index in [0.29, 0.717) is 6.04 Å². The van der Waals surface area contributed by atoms with Crippen LogP contribution in [0.5, 0.6) is 0 Å². The molecule has 0 aliphatic carbocycles. The fourth-order valence-electron chi connectivity index (χ4n) is 3.01. The maximum Gasteiger partial charge on any atom is 0.128 e. The van der Waals surface area contributed by atoms with Gasteiger partial charge >= 0.3 is 0 Å². The summed E-state index contributed by atoms with van der Waals surface area (Å²) in [7, 11) is 0. The van der Waals surface area contributed by atoms with Gasteiger partial charge in [-0.3, -0.25) is 4.90 Å². The Balaban J connectivity index is 1.77. The third kappa shape index (κ3) is 2.16. The second-order valence-corrected chi connectivity index (χ2v) is 5.10. The molecule has 92 valence electrons. The van der Waals surface area contributed by atoms with Gasteiger partial charge in [0.1, 0.15) is 5.82 Å². The lowest BCUT2D eigenvalue weighted by Crippen LogP contribution is -2.46. The number of likely N-dealkylation sites (tertiary alicyclic amines) is 1. The van der Waals surface area contributed by atoms with Crippen LogP contribution in [0.3, 0.4) is 0 Å². The highest BCUT2D eigenvalue weighted by molar-refractivity contribution is 5.54. The highest BCUT2D eigenvalue weighted by Crippen LogP contribution is 2.27. The van der Waals surface area contributed by atoms with E-state index in [4.69, 9.17) is 0 Å². The first kappa shape index (κ1) is 11.0. The standard InChI is InChI=1S/C14H19FN2/c15-13-5-4-6-14-12(13)9-11(10-16-14)17-7-2-1-3-8-17/h4-6,11,16H,1-3,7-10H2. The minimum absolute atomic E-state index is 0.0586. The van der Waals surface area contributed by atoms with Gasteiger partial charge in [-0.05, 0) is 44.5 Å². The molecule has 2 aliphatic heterocycles. The molecule has 3 heteroatoms. The topological polar surface area (TPSA) is 15.3 Å². The number of anilines is 1. The molecule has 0 aromatic heterocycles. The van der Waals surface area contributed by atoms with E-state index in [1.54, 1.807) is 12.1 Å². The number of rotatable bonds is 1. The maximum atomic E-state index is 13.8. The van der Waals surface area contributed by atoms with Crippen molar-refractivity contribution >= 4 is 5.69 Å². The van der Waals surface area contributed by atoms with E-state index in [-0.39, 0.29) is 5.82 Å². The molecule has 17 heavy (non-hydrogen) atoms. The summed E-state index contributed by atoms with van der Waals surface area (Å²) in [5, 5.41) is 3.37. The van der Waals surface area contributed by atoms with E-state index in [1.165, 1.54) is 32.4 Å². The van der Waals surface area contributed by atoms with E-state index in [1.807, 2.05) is 6.07 Å². The van der Waals surface area contributed by atoms with Crippen molar-refractivity contribution in [1.82, 2.24) is 4.90 Å². The van der Waals surface area contributed by atoms with Crippen molar-refractivity contribution in [2.45, 2.75) is 31.7 Å². The minimum atomic E-state index is -0.0586. The molecule has 1 fully saturated rings.